The monoisotopic (exact) mass is 404 g/mol. The summed E-state index contributed by atoms with van der Waals surface area (Å²) >= 11 is 0. The fourth-order valence-corrected chi connectivity index (χ4v) is 4.13. The highest BCUT2D eigenvalue weighted by atomic mass is 32.2. The van der Waals surface area contributed by atoms with E-state index in [2.05, 4.69) is 10.0 Å². The zero-order chi connectivity index (χ0) is 20.1. The van der Waals surface area contributed by atoms with Crippen LogP contribution in [-0.2, 0) is 16.4 Å². The van der Waals surface area contributed by atoms with Crippen LogP contribution in [0, 0.1) is 0 Å². The highest BCUT2D eigenvalue weighted by molar-refractivity contribution is 7.89. The van der Waals surface area contributed by atoms with Crippen molar-refractivity contribution in [2.24, 2.45) is 0 Å². The molecule has 2 N–H and O–H groups in total. The Morgan fingerprint density at radius 1 is 1.11 bits per heavy atom. The molecule has 1 amide bonds. The van der Waals surface area contributed by atoms with Gasteiger partial charge in [0.15, 0.2) is 0 Å². The number of sulfonamides is 1. The van der Waals surface area contributed by atoms with Gasteiger partial charge in [0.05, 0.1) is 19.1 Å². The minimum absolute atomic E-state index is 0.0142. The molecular weight excluding hydrogens is 380 g/mol. The van der Waals surface area contributed by atoms with Gasteiger partial charge in [-0.05, 0) is 61.2 Å². The number of hydrogen-bond donors (Lipinski definition) is 2. The average molecular weight is 404 g/mol. The standard InChI is InChI=1S/C20H24N2O5S/c1-26-17-8-9-19(27-2)14(12-17)10-11-21-20(23)15-4-3-5-18(13-15)28(24,25)22-16-6-7-16/h3-5,8-9,12-13,16,22H,6-7,10-11H2,1-2H3,(H,21,23). The van der Waals surface area contributed by atoms with Gasteiger partial charge in [0.25, 0.3) is 5.91 Å². The number of hydrogen-bond acceptors (Lipinski definition) is 5. The molecule has 3 rings (SSSR count). The van der Waals surface area contributed by atoms with Gasteiger partial charge in [-0.1, -0.05) is 6.07 Å². The quantitative estimate of drug-likeness (QED) is 0.668. The topological polar surface area (TPSA) is 93.7 Å². The van der Waals surface area contributed by atoms with Gasteiger partial charge in [0.2, 0.25) is 10.0 Å². The smallest absolute Gasteiger partial charge is 0.251 e. The molecule has 2 aromatic rings. The first-order valence-electron chi connectivity index (χ1n) is 9.04. The van der Waals surface area contributed by atoms with E-state index in [1.165, 1.54) is 12.1 Å². The van der Waals surface area contributed by atoms with Crippen molar-refractivity contribution in [3.05, 3.63) is 53.6 Å². The van der Waals surface area contributed by atoms with Crippen molar-refractivity contribution in [2.45, 2.75) is 30.2 Å². The van der Waals surface area contributed by atoms with Crippen LogP contribution in [0.4, 0.5) is 0 Å². The summed E-state index contributed by atoms with van der Waals surface area (Å²) in [5.74, 6) is 1.10. The zero-order valence-electron chi connectivity index (χ0n) is 15.9. The van der Waals surface area contributed by atoms with E-state index in [4.69, 9.17) is 9.47 Å². The minimum Gasteiger partial charge on any atom is -0.497 e. The second-order valence-corrected chi connectivity index (χ2v) is 8.32. The first-order chi connectivity index (χ1) is 13.4. The Labute approximate surface area is 165 Å². The van der Waals surface area contributed by atoms with E-state index < -0.39 is 10.0 Å². The lowest BCUT2D eigenvalue weighted by Crippen LogP contribution is -2.28. The number of amides is 1. The Bertz CT molecular complexity index is 955. The molecule has 8 heteroatoms. The molecule has 28 heavy (non-hydrogen) atoms. The van der Waals surface area contributed by atoms with Crippen LogP contribution in [-0.4, -0.2) is 41.1 Å². The summed E-state index contributed by atoms with van der Waals surface area (Å²) in [5, 5.41) is 2.82. The van der Waals surface area contributed by atoms with Crippen molar-refractivity contribution in [3.63, 3.8) is 0 Å². The summed E-state index contributed by atoms with van der Waals surface area (Å²) in [6.45, 7) is 0.375. The molecule has 0 aromatic heterocycles. The maximum absolute atomic E-state index is 12.4. The van der Waals surface area contributed by atoms with Gasteiger partial charge in [-0.3, -0.25) is 4.79 Å². The van der Waals surface area contributed by atoms with E-state index in [-0.39, 0.29) is 16.8 Å². The molecule has 1 saturated carbocycles. The maximum Gasteiger partial charge on any atom is 0.251 e. The number of benzene rings is 2. The molecule has 0 radical (unpaired) electrons. The number of carbonyl (C=O) groups is 1. The van der Waals surface area contributed by atoms with E-state index in [9.17, 15) is 13.2 Å². The highest BCUT2D eigenvalue weighted by Crippen LogP contribution is 2.24. The van der Waals surface area contributed by atoms with Gasteiger partial charge < -0.3 is 14.8 Å². The molecule has 1 aliphatic carbocycles. The van der Waals surface area contributed by atoms with Crippen molar-refractivity contribution >= 4 is 15.9 Å². The number of methoxy groups -OCH3 is 2. The molecule has 0 heterocycles. The largest absolute Gasteiger partial charge is 0.497 e. The number of ether oxygens (including phenoxy) is 2. The van der Waals surface area contributed by atoms with Crippen molar-refractivity contribution in [1.29, 1.82) is 0 Å². The van der Waals surface area contributed by atoms with E-state index in [0.717, 1.165) is 18.4 Å². The summed E-state index contributed by atoms with van der Waals surface area (Å²) < 4.78 is 37.8. The van der Waals surface area contributed by atoms with Crippen molar-refractivity contribution in [3.8, 4) is 11.5 Å². The van der Waals surface area contributed by atoms with Crippen LogP contribution in [0.2, 0.25) is 0 Å². The Balaban J connectivity index is 1.63. The molecule has 0 bridgehead atoms. The Kier molecular flexibility index (Phi) is 6.21. The molecule has 0 aliphatic heterocycles. The van der Waals surface area contributed by atoms with Crippen LogP contribution in [0.25, 0.3) is 0 Å². The molecule has 1 fully saturated rings. The highest BCUT2D eigenvalue weighted by Gasteiger charge is 2.28. The summed E-state index contributed by atoms with van der Waals surface area (Å²) in [6.07, 6.45) is 2.26. The Hall–Kier alpha value is -2.58. The Morgan fingerprint density at radius 3 is 2.57 bits per heavy atom. The molecule has 0 saturated heterocycles. The Morgan fingerprint density at radius 2 is 1.89 bits per heavy atom. The molecule has 150 valence electrons. The van der Waals surface area contributed by atoms with E-state index in [1.54, 1.807) is 26.4 Å². The van der Waals surface area contributed by atoms with E-state index in [0.29, 0.717) is 30.0 Å². The summed E-state index contributed by atoms with van der Waals surface area (Å²) in [5.41, 5.74) is 1.21. The first-order valence-corrected chi connectivity index (χ1v) is 10.5. The predicted molar refractivity (Wildman–Crippen MR) is 105 cm³/mol. The third kappa shape index (κ3) is 5.02. The van der Waals surface area contributed by atoms with Gasteiger partial charge in [-0.15, -0.1) is 0 Å². The molecular formula is C20H24N2O5S. The first kappa shape index (κ1) is 20.2. The lowest BCUT2D eigenvalue weighted by atomic mass is 10.1. The van der Waals surface area contributed by atoms with Crippen LogP contribution in [0.3, 0.4) is 0 Å². The molecule has 2 aromatic carbocycles. The van der Waals surface area contributed by atoms with Crippen molar-refractivity contribution < 1.29 is 22.7 Å². The fraction of sp³-hybridized carbons (Fsp3) is 0.350. The van der Waals surface area contributed by atoms with Gasteiger partial charge in [0, 0.05) is 18.2 Å². The van der Waals surface area contributed by atoms with Crippen LogP contribution in [0.15, 0.2) is 47.4 Å². The third-order valence-corrected chi connectivity index (χ3v) is 5.99. The van der Waals surface area contributed by atoms with Gasteiger partial charge in [0.1, 0.15) is 11.5 Å². The summed E-state index contributed by atoms with van der Waals surface area (Å²) in [4.78, 5) is 12.5. The predicted octanol–water partition coefficient (Wildman–Crippen LogP) is 2.12. The minimum atomic E-state index is -3.59. The SMILES string of the molecule is COc1ccc(OC)c(CCNC(=O)c2cccc(S(=O)(=O)NC3CC3)c2)c1. The van der Waals surface area contributed by atoms with Crippen molar-refractivity contribution in [1.82, 2.24) is 10.0 Å². The van der Waals surface area contributed by atoms with E-state index >= 15 is 0 Å². The lowest BCUT2D eigenvalue weighted by Gasteiger charge is -2.11. The maximum atomic E-state index is 12.4. The molecule has 0 spiro atoms. The lowest BCUT2D eigenvalue weighted by molar-refractivity contribution is 0.0954. The second-order valence-electron chi connectivity index (χ2n) is 6.61. The summed E-state index contributed by atoms with van der Waals surface area (Å²) in [7, 11) is -0.415. The molecule has 1 aliphatic rings. The average Bonchev–Trinajstić information content (AvgIpc) is 3.51. The van der Waals surface area contributed by atoms with Crippen LogP contribution >= 0.6 is 0 Å². The van der Waals surface area contributed by atoms with E-state index in [1.807, 2.05) is 18.2 Å². The summed E-state index contributed by atoms with van der Waals surface area (Å²) in [6, 6.07) is 11.6. The van der Waals surface area contributed by atoms with Crippen LogP contribution in [0.1, 0.15) is 28.8 Å². The molecule has 7 nitrogen and oxygen atoms in total. The zero-order valence-corrected chi connectivity index (χ0v) is 16.7. The van der Waals surface area contributed by atoms with Crippen LogP contribution < -0.4 is 19.5 Å². The number of nitrogens with one attached hydrogen (secondary N) is 2. The fourth-order valence-electron chi connectivity index (χ4n) is 2.78. The second kappa shape index (κ2) is 8.62. The van der Waals surface area contributed by atoms with Gasteiger partial charge >= 0.3 is 0 Å². The number of carbonyl (C=O) groups excluding carboxylic acids is 1. The van der Waals surface area contributed by atoms with Gasteiger partial charge in [-0.2, -0.15) is 0 Å². The van der Waals surface area contributed by atoms with Crippen molar-refractivity contribution in [2.75, 3.05) is 20.8 Å². The third-order valence-electron chi connectivity index (χ3n) is 4.47. The normalized spacial score (nSPS) is 13.8. The number of rotatable bonds is 9. The molecule has 0 unspecified atom stereocenters. The van der Waals surface area contributed by atoms with Gasteiger partial charge in [-0.25, -0.2) is 13.1 Å². The van der Waals surface area contributed by atoms with Crippen LogP contribution in [0.5, 0.6) is 11.5 Å². The molecule has 0 atom stereocenters.